The van der Waals surface area contributed by atoms with Crippen LogP contribution < -0.4 is 10.5 Å². The first-order chi connectivity index (χ1) is 7.20. The maximum atomic E-state index is 13.2. The molecule has 0 spiro atoms. The Labute approximate surface area is 97.7 Å². The summed E-state index contributed by atoms with van der Waals surface area (Å²) in [6.07, 6.45) is 2.82. The predicted molar refractivity (Wildman–Crippen MR) is 62.6 cm³/mol. The molecule has 0 atom stereocenters. The molecule has 0 bridgehead atoms. The highest BCUT2D eigenvalue weighted by atomic mass is 79.9. The van der Waals surface area contributed by atoms with E-state index in [-0.39, 0.29) is 5.82 Å². The molecule has 0 aliphatic rings. The molecule has 0 aliphatic heterocycles. The summed E-state index contributed by atoms with van der Waals surface area (Å²) in [7, 11) is 1.55. The summed E-state index contributed by atoms with van der Waals surface area (Å²) < 4.78 is 18.8. The van der Waals surface area contributed by atoms with E-state index < -0.39 is 0 Å². The zero-order valence-electron chi connectivity index (χ0n) is 8.72. The van der Waals surface area contributed by atoms with Gasteiger partial charge in [-0.2, -0.15) is 0 Å². The zero-order valence-corrected chi connectivity index (χ0v) is 10.3. The lowest BCUT2D eigenvalue weighted by Crippen LogP contribution is -2.00. The Balaban J connectivity index is 2.83. The van der Waals surface area contributed by atoms with Crippen molar-refractivity contribution in [3.05, 3.63) is 28.0 Å². The minimum absolute atomic E-state index is 0.297. The van der Waals surface area contributed by atoms with E-state index in [4.69, 9.17) is 10.5 Å². The summed E-state index contributed by atoms with van der Waals surface area (Å²) in [5.74, 6) is 0.293. The van der Waals surface area contributed by atoms with Crippen LogP contribution in [0.5, 0.6) is 5.75 Å². The van der Waals surface area contributed by atoms with Gasteiger partial charge < -0.3 is 10.5 Å². The summed E-state index contributed by atoms with van der Waals surface area (Å²) in [6, 6.07) is 3.21. The smallest absolute Gasteiger partial charge is 0.141 e. The fourth-order valence-electron chi connectivity index (χ4n) is 1.45. The van der Waals surface area contributed by atoms with E-state index in [1.54, 1.807) is 13.2 Å². The van der Waals surface area contributed by atoms with Gasteiger partial charge in [0.1, 0.15) is 11.6 Å². The molecule has 0 aromatic heterocycles. The summed E-state index contributed by atoms with van der Waals surface area (Å²) in [5, 5.41) is 0. The second-order valence-corrected chi connectivity index (χ2v) is 4.09. The van der Waals surface area contributed by atoms with Gasteiger partial charge in [0.05, 0.1) is 11.6 Å². The van der Waals surface area contributed by atoms with Gasteiger partial charge in [0, 0.05) is 0 Å². The lowest BCUT2D eigenvalue weighted by molar-refractivity contribution is 0.402. The molecule has 4 heteroatoms. The number of hydrogen-bond acceptors (Lipinski definition) is 2. The van der Waals surface area contributed by atoms with E-state index in [2.05, 4.69) is 15.9 Å². The van der Waals surface area contributed by atoms with Crippen molar-refractivity contribution in [3.63, 3.8) is 0 Å². The van der Waals surface area contributed by atoms with Crippen LogP contribution in [0.3, 0.4) is 0 Å². The summed E-state index contributed by atoms with van der Waals surface area (Å²) in [6.45, 7) is 0.685. The maximum absolute atomic E-state index is 13.2. The number of aryl methyl sites for hydroxylation is 1. The highest BCUT2D eigenvalue weighted by molar-refractivity contribution is 9.10. The van der Waals surface area contributed by atoms with E-state index >= 15 is 0 Å². The van der Waals surface area contributed by atoms with Gasteiger partial charge in [0.25, 0.3) is 0 Å². The fraction of sp³-hybridized carbons (Fsp3) is 0.455. The van der Waals surface area contributed by atoms with Crippen LogP contribution in [-0.4, -0.2) is 13.7 Å². The van der Waals surface area contributed by atoms with Gasteiger partial charge in [-0.05, 0) is 53.4 Å². The van der Waals surface area contributed by atoms with E-state index in [1.807, 2.05) is 0 Å². The molecule has 2 nitrogen and oxygen atoms in total. The minimum Gasteiger partial charge on any atom is -0.495 e. The quantitative estimate of drug-likeness (QED) is 0.839. The number of hydrogen-bond donors (Lipinski definition) is 1. The number of ether oxygens (including phenoxy) is 1. The number of unbranched alkanes of at least 4 members (excludes halogenated alkanes) is 1. The number of nitrogens with two attached hydrogens (primary N) is 1. The number of methoxy groups -OCH3 is 1. The van der Waals surface area contributed by atoms with Crippen LogP contribution in [-0.2, 0) is 6.42 Å². The van der Waals surface area contributed by atoms with Crippen LogP contribution in [0.1, 0.15) is 18.4 Å². The number of rotatable bonds is 5. The van der Waals surface area contributed by atoms with Crippen molar-refractivity contribution in [2.24, 2.45) is 5.73 Å². The van der Waals surface area contributed by atoms with Crippen molar-refractivity contribution in [2.45, 2.75) is 19.3 Å². The first-order valence-corrected chi connectivity index (χ1v) is 5.71. The van der Waals surface area contributed by atoms with Crippen LogP contribution in [0, 0.1) is 5.82 Å². The first-order valence-electron chi connectivity index (χ1n) is 4.91. The van der Waals surface area contributed by atoms with Crippen molar-refractivity contribution in [2.75, 3.05) is 13.7 Å². The van der Waals surface area contributed by atoms with Crippen LogP contribution in [0.4, 0.5) is 4.39 Å². The van der Waals surface area contributed by atoms with Crippen molar-refractivity contribution in [1.29, 1.82) is 0 Å². The molecule has 0 aliphatic carbocycles. The third-order valence-corrected chi connectivity index (χ3v) is 2.97. The Morgan fingerprint density at radius 1 is 1.40 bits per heavy atom. The predicted octanol–water partition coefficient (Wildman–Crippen LogP) is 2.88. The molecule has 2 N–H and O–H groups in total. The van der Waals surface area contributed by atoms with E-state index in [0.29, 0.717) is 16.8 Å². The maximum Gasteiger partial charge on any atom is 0.141 e. The minimum atomic E-state index is -0.297. The van der Waals surface area contributed by atoms with Crippen molar-refractivity contribution < 1.29 is 9.13 Å². The van der Waals surface area contributed by atoms with Crippen molar-refractivity contribution >= 4 is 15.9 Å². The normalized spacial score (nSPS) is 10.4. The largest absolute Gasteiger partial charge is 0.495 e. The molecule has 0 unspecified atom stereocenters. The Kier molecular flexibility index (Phi) is 5.05. The lowest BCUT2D eigenvalue weighted by Gasteiger charge is -2.10. The lowest BCUT2D eigenvalue weighted by atomic mass is 10.1. The molecule has 15 heavy (non-hydrogen) atoms. The zero-order chi connectivity index (χ0) is 11.3. The molecular weight excluding hydrogens is 261 g/mol. The van der Waals surface area contributed by atoms with E-state index in [9.17, 15) is 4.39 Å². The highest BCUT2D eigenvalue weighted by Crippen LogP contribution is 2.32. The van der Waals surface area contributed by atoms with Gasteiger partial charge in [-0.25, -0.2) is 4.39 Å². The molecule has 1 aromatic carbocycles. The summed E-state index contributed by atoms with van der Waals surface area (Å²) in [4.78, 5) is 0. The van der Waals surface area contributed by atoms with Crippen molar-refractivity contribution in [1.82, 2.24) is 0 Å². The molecule has 0 saturated heterocycles. The summed E-state index contributed by atoms with van der Waals surface area (Å²) >= 11 is 3.18. The van der Waals surface area contributed by atoms with Gasteiger partial charge in [-0.3, -0.25) is 0 Å². The topological polar surface area (TPSA) is 35.2 Å². The Morgan fingerprint density at radius 3 is 2.73 bits per heavy atom. The van der Waals surface area contributed by atoms with Crippen LogP contribution in [0.2, 0.25) is 0 Å². The molecule has 1 rings (SSSR count). The Hall–Kier alpha value is -0.610. The molecule has 0 heterocycles. The van der Waals surface area contributed by atoms with Crippen molar-refractivity contribution in [3.8, 4) is 5.75 Å². The molecule has 0 fully saturated rings. The Bertz CT molecular complexity index is 331. The van der Waals surface area contributed by atoms with Gasteiger partial charge in [-0.1, -0.05) is 6.07 Å². The third kappa shape index (κ3) is 3.18. The van der Waals surface area contributed by atoms with E-state index in [0.717, 1.165) is 24.8 Å². The average Bonchev–Trinajstić information content (AvgIpc) is 2.24. The van der Waals surface area contributed by atoms with E-state index in [1.165, 1.54) is 6.07 Å². The molecule has 0 amide bonds. The molecular formula is C11H15BrFNO. The molecule has 84 valence electrons. The third-order valence-electron chi connectivity index (χ3n) is 2.24. The number of halogens is 2. The molecule has 0 radical (unpaired) electrons. The monoisotopic (exact) mass is 275 g/mol. The number of benzene rings is 1. The second kappa shape index (κ2) is 6.08. The van der Waals surface area contributed by atoms with Gasteiger partial charge in [-0.15, -0.1) is 0 Å². The van der Waals surface area contributed by atoms with Crippen LogP contribution >= 0.6 is 15.9 Å². The standard InChI is InChI=1S/C11H15BrFNO/c1-15-11-8(4-2-3-7-14)5-6-9(13)10(11)12/h5-6H,2-4,7,14H2,1H3. The summed E-state index contributed by atoms with van der Waals surface area (Å²) in [5.41, 5.74) is 6.43. The highest BCUT2D eigenvalue weighted by Gasteiger charge is 2.11. The average molecular weight is 276 g/mol. The molecule has 0 saturated carbocycles. The van der Waals surface area contributed by atoms with Gasteiger partial charge in [0.15, 0.2) is 0 Å². The SMILES string of the molecule is COc1c(CCCCN)ccc(F)c1Br. The molecule has 1 aromatic rings. The second-order valence-electron chi connectivity index (χ2n) is 3.30. The van der Waals surface area contributed by atoms with Crippen LogP contribution in [0.15, 0.2) is 16.6 Å². The van der Waals surface area contributed by atoms with Gasteiger partial charge >= 0.3 is 0 Å². The van der Waals surface area contributed by atoms with Gasteiger partial charge in [0.2, 0.25) is 0 Å². The first kappa shape index (κ1) is 12.5. The Morgan fingerprint density at radius 2 is 2.13 bits per heavy atom. The fourth-order valence-corrected chi connectivity index (χ4v) is 2.00. The van der Waals surface area contributed by atoms with Crippen LogP contribution in [0.25, 0.3) is 0 Å².